The van der Waals surface area contributed by atoms with Crippen LogP contribution in [0.3, 0.4) is 0 Å². The Hall–Kier alpha value is -1.84. The van der Waals surface area contributed by atoms with Crippen LogP contribution in [0.1, 0.15) is 36.4 Å². The van der Waals surface area contributed by atoms with Gasteiger partial charge < -0.3 is 15.4 Å². The minimum absolute atomic E-state index is 0. The van der Waals surface area contributed by atoms with Gasteiger partial charge in [0.25, 0.3) is 0 Å². The number of hydrogen-bond donors (Lipinski definition) is 2. The van der Waals surface area contributed by atoms with E-state index in [0.29, 0.717) is 19.0 Å². The lowest BCUT2D eigenvalue weighted by Gasteiger charge is -2.19. The van der Waals surface area contributed by atoms with E-state index in [4.69, 9.17) is 4.74 Å². The number of aryl methyl sites for hydroxylation is 2. The van der Waals surface area contributed by atoms with Crippen LogP contribution in [0.4, 0.5) is 0 Å². The third kappa shape index (κ3) is 6.37. The standard InChI is InChI=1S/C19H30N6O.HI/c1-7-26-18-16(9-8-10-21-18)12-22-19(20-5)23-13(2)11-17-14(3)24-25(6)15(17)4;/h8-10,13H,7,11-12H2,1-6H3,(H2,20,22,23);1H. The summed E-state index contributed by atoms with van der Waals surface area (Å²) in [5.74, 6) is 1.41. The van der Waals surface area contributed by atoms with Crippen molar-refractivity contribution >= 4 is 29.9 Å². The van der Waals surface area contributed by atoms with Crippen molar-refractivity contribution in [2.75, 3.05) is 13.7 Å². The number of nitrogens with zero attached hydrogens (tertiary/aromatic N) is 4. The zero-order valence-corrected chi connectivity index (χ0v) is 19.4. The van der Waals surface area contributed by atoms with Gasteiger partial charge in [0, 0.05) is 44.1 Å². The Labute approximate surface area is 179 Å². The molecule has 7 nitrogen and oxygen atoms in total. The maximum absolute atomic E-state index is 5.57. The van der Waals surface area contributed by atoms with E-state index in [0.717, 1.165) is 23.6 Å². The highest BCUT2D eigenvalue weighted by atomic mass is 127. The predicted molar refractivity (Wildman–Crippen MR) is 120 cm³/mol. The van der Waals surface area contributed by atoms with Gasteiger partial charge in [-0.2, -0.15) is 5.10 Å². The number of nitrogens with one attached hydrogen (secondary N) is 2. The lowest BCUT2D eigenvalue weighted by molar-refractivity contribution is 0.322. The topological polar surface area (TPSA) is 76.4 Å². The molecule has 2 N–H and O–H groups in total. The minimum Gasteiger partial charge on any atom is -0.478 e. The van der Waals surface area contributed by atoms with Crippen LogP contribution in [-0.2, 0) is 20.0 Å². The van der Waals surface area contributed by atoms with E-state index in [1.807, 2.05) is 30.8 Å². The van der Waals surface area contributed by atoms with Gasteiger partial charge in [0.15, 0.2) is 5.96 Å². The largest absolute Gasteiger partial charge is 0.478 e. The van der Waals surface area contributed by atoms with Gasteiger partial charge in [-0.25, -0.2) is 4.98 Å². The van der Waals surface area contributed by atoms with Crippen LogP contribution in [0.15, 0.2) is 23.3 Å². The molecule has 0 bridgehead atoms. The Morgan fingerprint density at radius 1 is 1.37 bits per heavy atom. The lowest BCUT2D eigenvalue weighted by atomic mass is 10.1. The van der Waals surface area contributed by atoms with Gasteiger partial charge in [0.1, 0.15) is 0 Å². The maximum Gasteiger partial charge on any atom is 0.218 e. The fourth-order valence-corrected chi connectivity index (χ4v) is 2.90. The van der Waals surface area contributed by atoms with Crippen LogP contribution in [0.25, 0.3) is 0 Å². The number of halogens is 1. The van der Waals surface area contributed by atoms with Gasteiger partial charge >= 0.3 is 0 Å². The number of guanidine groups is 1. The lowest BCUT2D eigenvalue weighted by Crippen LogP contribution is -2.42. The maximum atomic E-state index is 5.57. The molecule has 8 heteroatoms. The highest BCUT2D eigenvalue weighted by Crippen LogP contribution is 2.15. The quantitative estimate of drug-likeness (QED) is 0.358. The molecule has 0 aliphatic carbocycles. The molecule has 2 aromatic heterocycles. The predicted octanol–water partition coefficient (Wildman–Crippen LogP) is 2.74. The molecule has 1 unspecified atom stereocenters. The summed E-state index contributed by atoms with van der Waals surface area (Å²) in [7, 11) is 3.75. The minimum atomic E-state index is 0. The third-order valence-corrected chi connectivity index (χ3v) is 4.35. The molecule has 0 spiro atoms. The molecule has 0 saturated heterocycles. The zero-order chi connectivity index (χ0) is 19.1. The van der Waals surface area contributed by atoms with Crippen molar-refractivity contribution in [2.45, 2.75) is 46.7 Å². The fourth-order valence-electron chi connectivity index (χ4n) is 2.90. The first-order chi connectivity index (χ1) is 12.5. The Bertz CT molecular complexity index is 759. The van der Waals surface area contributed by atoms with Gasteiger partial charge in [-0.3, -0.25) is 9.67 Å². The van der Waals surface area contributed by atoms with E-state index in [9.17, 15) is 0 Å². The van der Waals surface area contributed by atoms with Crippen molar-refractivity contribution in [1.82, 2.24) is 25.4 Å². The van der Waals surface area contributed by atoms with Crippen molar-refractivity contribution in [3.8, 4) is 5.88 Å². The second-order valence-corrected chi connectivity index (χ2v) is 6.35. The Morgan fingerprint density at radius 3 is 2.70 bits per heavy atom. The molecule has 0 fully saturated rings. The van der Waals surface area contributed by atoms with Gasteiger partial charge in [-0.1, -0.05) is 6.07 Å². The van der Waals surface area contributed by atoms with Crippen LogP contribution in [-0.4, -0.2) is 40.4 Å². The molecular weight excluding hydrogens is 455 g/mol. The molecule has 0 aliphatic heterocycles. The van der Waals surface area contributed by atoms with Crippen molar-refractivity contribution in [3.63, 3.8) is 0 Å². The molecule has 0 saturated carbocycles. The van der Waals surface area contributed by atoms with Crippen LogP contribution in [0.2, 0.25) is 0 Å². The highest BCUT2D eigenvalue weighted by Gasteiger charge is 2.14. The Kier molecular flexibility index (Phi) is 9.54. The Morgan fingerprint density at radius 2 is 2.11 bits per heavy atom. The summed E-state index contributed by atoms with van der Waals surface area (Å²) in [4.78, 5) is 8.60. The number of aromatic nitrogens is 3. The van der Waals surface area contributed by atoms with Crippen LogP contribution < -0.4 is 15.4 Å². The van der Waals surface area contributed by atoms with E-state index in [2.05, 4.69) is 46.5 Å². The summed E-state index contributed by atoms with van der Waals surface area (Å²) < 4.78 is 7.50. The summed E-state index contributed by atoms with van der Waals surface area (Å²) in [5, 5.41) is 11.3. The second-order valence-electron chi connectivity index (χ2n) is 6.35. The normalized spacial score (nSPS) is 12.3. The van der Waals surface area contributed by atoms with Gasteiger partial charge in [-0.15, -0.1) is 24.0 Å². The summed E-state index contributed by atoms with van der Waals surface area (Å²) >= 11 is 0. The van der Waals surface area contributed by atoms with Crippen molar-refractivity contribution < 1.29 is 4.74 Å². The fraction of sp³-hybridized carbons (Fsp3) is 0.526. The summed E-state index contributed by atoms with van der Waals surface area (Å²) in [5.41, 5.74) is 4.58. The van der Waals surface area contributed by atoms with Crippen molar-refractivity contribution in [3.05, 3.63) is 40.8 Å². The molecule has 150 valence electrons. The number of pyridine rings is 1. The highest BCUT2D eigenvalue weighted by molar-refractivity contribution is 14.0. The average Bonchev–Trinajstić information content (AvgIpc) is 2.86. The third-order valence-electron chi connectivity index (χ3n) is 4.35. The first kappa shape index (κ1) is 23.2. The van der Waals surface area contributed by atoms with E-state index in [1.54, 1.807) is 13.2 Å². The van der Waals surface area contributed by atoms with Crippen molar-refractivity contribution in [1.29, 1.82) is 0 Å². The molecule has 1 atom stereocenters. The molecule has 2 rings (SSSR count). The van der Waals surface area contributed by atoms with E-state index < -0.39 is 0 Å². The molecule has 2 aromatic rings. The molecule has 0 amide bonds. The zero-order valence-electron chi connectivity index (χ0n) is 17.0. The van der Waals surface area contributed by atoms with Gasteiger partial charge in [-0.05, 0) is 45.7 Å². The summed E-state index contributed by atoms with van der Waals surface area (Å²) in [6.07, 6.45) is 2.63. The Balaban J connectivity index is 0.00000364. The molecule has 0 aliphatic rings. The van der Waals surface area contributed by atoms with E-state index in [1.165, 1.54) is 11.3 Å². The molecular formula is C19H31IN6O. The number of rotatable bonds is 7. The monoisotopic (exact) mass is 486 g/mol. The molecule has 27 heavy (non-hydrogen) atoms. The van der Waals surface area contributed by atoms with Crippen LogP contribution >= 0.6 is 24.0 Å². The number of hydrogen-bond acceptors (Lipinski definition) is 4. The molecule has 0 aromatic carbocycles. The number of aliphatic imine (C=N–C) groups is 1. The SMILES string of the molecule is CCOc1ncccc1CNC(=NC)NC(C)Cc1c(C)nn(C)c1C.I. The molecule has 0 radical (unpaired) electrons. The van der Waals surface area contributed by atoms with Crippen LogP contribution in [0.5, 0.6) is 5.88 Å². The average molecular weight is 486 g/mol. The van der Waals surface area contributed by atoms with Gasteiger partial charge in [0.05, 0.1) is 12.3 Å². The molecule has 2 heterocycles. The van der Waals surface area contributed by atoms with Crippen LogP contribution in [0, 0.1) is 13.8 Å². The second kappa shape index (κ2) is 11.1. The first-order valence-corrected chi connectivity index (χ1v) is 8.99. The number of ether oxygens (including phenoxy) is 1. The summed E-state index contributed by atoms with van der Waals surface area (Å²) in [6, 6.07) is 4.14. The first-order valence-electron chi connectivity index (χ1n) is 8.99. The smallest absolute Gasteiger partial charge is 0.218 e. The van der Waals surface area contributed by atoms with E-state index in [-0.39, 0.29) is 30.0 Å². The van der Waals surface area contributed by atoms with Gasteiger partial charge in [0.2, 0.25) is 5.88 Å². The van der Waals surface area contributed by atoms with E-state index >= 15 is 0 Å². The summed E-state index contributed by atoms with van der Waals surface area (Å²) in [6.45, 7) is 9.45. The van der Waals surface area contributed by atoms with Crippen molar-refractivity contribution in [2.24, 2.45) is 12.0 Å².